The Morgan fingerprint density at radius 1 is 0.920 bits per heavy atom. The van der Waals surface area contributed by atoms with Crippen LogP contribution < -0.4 is 0 Å². The third-order valence-corrected chi connectivity index (χ3v) is 5.01. The molecule has 0 atom stereocenters. The number of aromatic nitrogens is 2. The summed E-state index contributed by atoms with van der Waals surface area (Å²) < 4.78 is 10.4. The summed E-state index contributed by atoms with van der Waals surface area (Å²) in [6, 6.07) is 0. The zero-order valence-electron chi connectivity index (χ0n) is 15.5. The highest BCUT2D eigenvalue weighted by molar-refractivity contribution is 5.79. The van der Waals surface area contributed by atoms with E-state index in [0.29, 0.717) is 6.42 Å². The highest BCUT2D eigenvalue weighted by Crippen LogP contribution is 2.18. The Labute approximate surface area is 147 Å². The highest BCUT2D eigenvalue weighted by Gasteiger charge is 2.23. The number of carbonyl (C=O) groups is 1. The quantitative estimate of drug-likeness (QED) is 0.844. The fraction of sp³-hybridized carbons (Fsp3) is 0.611. The lowest BCUT2D eigenvalue weighted by atomic mass is 10.1. The molecule has 0 saturated carbocycles. The van der Waals surface area contributed by atoms with Crippen LogP contribution in [0.15, 0.2) is 9.05 Å². The smallest absolute Gasteiger partial charge is 0.227 e. The number of rotatable bonds is 4. The van der Waals surface area contributed by atoms with E-state index in [1.165, 1.54) is 0 Å². The summed E-state index contributed by atoms with van der Waals surface area (Å²) in [5, 5.41) is 7.96. The molecule has 2 aromatic heterocycles. The van der Waals surface area contributed by atoms with Crippen molar-refractivity contribution in [1.82, 2.24) is 20.1 Å². The third kappa shape index (κ3) is 3.92. The fourth-order valence-corrected chi connectivity index (χ4v) is 3.35. The number of hydrogen-bond acceptors (Lipinski definition) is 6. The lowest BCUT2D eigenvalue weighted by molar-refractivity contribution is -0.130. The van der Waals surface area contributed by atoms with Gasteiger partial charge in [-0.25, -0.2) is 0 Å². The van der Waals surface area contributed by atoms with E-state index in [1.54, 1.807) is 0 Å². The van der Waals surface area contributed by atoms with Crippen molar-refractivity contribution in [2.24, 2.45) is 0 Å². The summed E-state index contributed by atoms with van der Waals surface area (Å²) in [4.78, 5) is 17.0. The highest BCUT2D eigenvalue weighted by atomic mass is 16.5. The second-order valence-corrected chi connectivity index (χ2v) is 6.79. The van der Waals surface area contributed by atoms with E-state index in [4.69, 9.17) is 9.05 Å². The standard InChI is InChI=1S/C18H26N4O3/c1-12-16(14(3)24-19-12)10-18(23)22-7-5-6-21(8-9-22)11-17-13(2)20-25-15(17)4/h5-11H2,1-4H3. The first kappa shape index (κ1) is 17.7. The molecule has 1 saturated heterocycles. The SMILES string of the molecule is Cc1noc(C)c1CC(=O)N1CCCN(Cc2c(C)noc2C)CC1. The van der Waals surface area contributed by atoms with Gasteiger partial charge in [-0.3, -0.25) is 9.69 Å². The first-order valence-corrected chi connectivity index (χ1v) is 8.79. The maximum Gasteiger partial charge on any atom is 0.227 e. The van der Waals surface area contributed by atoms with E-state index < -0.39 is 0 Å². The Balaban J connectivity index is 1.59. The van der Waals surface area contributed by atoms with Gasteiger partial charge in [0.25, 0.3) is 0 Å². The van der Waals surface area contributed by atoms with Gasteiger partial charge in [0.1, 0.15) is 11.5 Å². The second-order valence-electron chi connectivity index (χ2n) is 6.79. The van der Waals surface area contributed by atoms with Crippen LogP contribution in [0.5, 0.6) is 0 Å². The maximum atomic E-state index is 12.7. The Morgan fingerprint density at radius 2 is 1.56 bits per heavy atom. The van der Waals surface area contributed by atoms with E-state index in [2.05, 4.69) is 15.2 Å². The van der Waals surface area contributed by atoms with Crippen molar-refractivity contribution in [3.8, 4) is 0 Å². The van der Waals surface area contributed by atoms with Crippen molar-refractivity contribution in [1.29, 1.82) is 0 Å². The van der Waals surface area contributed by atoms with Crippen molar-refractivity contribution in [2.75, 3.05) is 26.2 Å². The van der Waals surface area contributed by atoms with Gasteiger partial charge < -0.3 is 13.9 Å². The molecule has 0 bridgehead atoms. The monoisotopic (exact) mass is 346 g/mol. The molecule has 3 rings (SSSR count). The van der Waals surface area contributed by atoms with Crippen LogP contribution in [-0.4, -0.2) is 52.2 Å². The normalized spacial score (nSPS) is 16.2. The molecule has 7 nitrogen and oxygen atoms in total. The summed E-state index contributed by atoms with van der Waals surface area (Å²) >= 11 is 0. The Bertz CT molecular complexity index is 711. The topological polar surface area (TPSA) is 75.6 Å². The van der Waals surface area contributed by atoms with Gasteiger partial charge in [-0.2, -0.15) is 0 Å². The molecule has 0 unspecified atom stereocenters. The minimum absolute atomic E-state index is 0.147. The molecule has 0 aromatic carbocycles. The van der Waals surface area contributed by atoms with Gasteiger partial charge >= 0.3 is 0 Å². The Morgan fingerprint density at radius 3 is 2.16 bits per heavy atom. The Hall–Kier alpha value is -2.15. The zero-order valence-corrected chi connectivity index (χ0v) is 15.5. The average Bonchev–Trinajstić information content (AvgIpc) is 2.96. The van der Waals surface area contributed by atoms with Crippen LogP contribution in [0.2, 0.25) is 0 Å². The molecule has 1 amide bonds. The number of amides is 1. The van der Waals surface area contributed by atoms with Gasteiger partial charge in [0.2, 0.25) is 5.91 Å². The van der Waals surface area contributed by atoms with E-state index in [0.717, 1.165) is 73.2 Å². The molecule has 1 aliphatic heterocycles. The molecule has 0 spiro atoms. The number of hydrogen-bond donors (Lipinski definition) is 0. The molecule has 7 heteroatoms. The van der Waals surface area contributed by atoms with Crippen LogP contribution in [0.4, 0.5) is 0 Å². The predicted molar refractivity (Wildman–Crippen MR) is 92.1 cm³/mol. The fourth-order valence-electron chi connectivity index (χ4n) is 3.35. The van der Waals surface area contributed by atoms with Gasteiger partial charge in [0.15, 0.2) is 0 Å². The molecule has 0 radical (unpaired) electrons. The van der Waals surface area contributed by atoms with E-state index in [-0.39, 0.29) is 5.91 Å². The predicted octanol–water partition coefficient (Wildman–Crippen LogP) is 2.17. The first-order chi connectivity index (χ1) is 12.0. The molecule has 136 valence electrons. The van der Waals surface area contributed by atoms with Crippen LogP contribution in [0.1, 0.15) is 40.5 Å². The van der Waals surface area contributed by atoms with E-state index >= 15 is 0 Å². The number of carbonyl (C=O) groups excluding carboxylic acids is 1. The summed E-state index contributed by atoms with van der Waals surface area (Å²) in [6.45, 7) is 11.9. The minimum atomic E-state index is 0.147. The molecule has 3 heterocycles. The van der Waals surface area contributed by atoms with Crippen LogP contribution >= 0.6 is 0 Å². The average molecular weight is 346 g/mol. The van der Waals surface area contributed by atoms with Gasteiger partial charge in [0.05, 0.1) is 17.8 Å². The summed E-state index contributed by atoms with van der Waals surface area (Å²) in [7, 11) is 0. The number of nitrogens with zero attached hydrogens (tertiary/aromatic N) is 4. The molecular weight excluding hydrogens is 320 g/mol. The minimum Gasteiger partial charge on any atom is -0.361 e. The molecular formula is C18H26N4O3. The molecule has 1 fully saturated rings. The van der Waals surface area contributed by atoms with Crippen molar-refractivity contribution in [3.63, 3.8) is 0 Å². The summed E-state index contributed by atoms with van der Waals surface area (Å²) in [6.07, 6.45) is 1.34. The van der Waals surface area contributed by atoms with E-state index in [1.807, 2.05) is 32.6 Å². The summed E-state index contributed by atoms with van der Waals surface area (Å²) in [5.41, 5.74) is 3.84. The lowest BCUT2D eigenvalue weighted by Crippen LogP contribution is -2.36. The first-order valence-electron chi connectivity index (χ1n) is 8.79. The zero-order chi connectivity index (χ0) is 18.0. The van der Waals surface area contributed by atoms with Crippen LogP contribution in [-0.2, 0) is 17.8 Å². The van der Waals surface area contributed by atoms with Gasteiger partial charge in [-0.1, -0.05) is 10.3 Å². The van der Waals surface area contributed by atoms with Crippen LogP contribution in [0.3, 0.4) is 0 Å². The largest absolute Gasteiger partial charge is 0.361 e. The van der Waals surface area contributed by atoms with Crippen molar-refractivity contribution >= 4 is 5.91 Å². The second kappa shape index (κ2) is 7.39. The maximum absolute atomic E-state index is 12.7. The third-order valence-electron chi connectivity index (χ3n) is 5.01. The molecule has 0 aliphatic carbocycles. The number of aryl methyl sites for hydroxylation is 4. The molecule has 25 heavy (non-hydrogen) atoms. The van der Waals surface area contributed by atoms with Crippen LogP contribution in [0, 0.1) is 27.7 Å². The van der Waals surface area contributed by atoms with Crippen molar-refractivity contribution < 1.29 is 13.8 Å². The summed E-state index contributed by atoms with van der Waals surface area (Å²) in [5.74, 6) is 1.77. The van der Waals surface area contributed by atoms with Crippen molar-refractivity contribution in [3.05, 3.63) is 34.0 Å². The van der Waals surface area contributed by atoms with Crippen molar-refractivity contribution in [2.45, 2.75) is 47.1 Å². The molecule has 2 aromatic rings. The van der Waals surface area contributed by atoms with E-state index in [9.17, 15) is 4.79 Å². The molecule has 0 N–H and O–H groups in total. The Kier molecular flexibility index (Phi) is 5.22. The van der Waals surface area contributed by atoms with Gasteiger partial charge in [-0.15, -0.1) is 0 Å². The lowest BCUT2D eigenvalue weighted by Gasteiger charge is -2.22. The van der Waals surface area contributed by atoms with Gasteiger partial charge in [0, 0.05) is 43.9 Å². The van der Waals surface area contributed by atoms with Crippen LogP contribution in [0.25, 0.3) is 0 Å². The molecule has 1 aliphatic rings. The van der Waals surface area contributed by atoms with Gasteiger partial charge in [-0.05, 0) is 34.1 Å².